The smallest absolute Gasteiger partial charge is 0.317 e. The van der Waals surface area contributed by atoms with Gasteiger partial charge in [-0.2, -0.15) is 5.10 Å². The third-order valence-corrected chi connectivity index (χ3v) is 3.72. The van der Waals surface area contributed by atoms with Crippen LogP contribution in [0.5, 0.6) is 0 Å². The molecule has 116 valence electrons. The number of anilines is 1. The zero-order valence-corrected chi connectivity index (χ0v) is 12.4. The summed E-state index contributed by atoms with van der Waals surface area (Å²) in [5.74, 6) is 0.973. The van der Waals surface area contributed by atoms with E-state index in [1.807, 2.05) is 35.4 Å². The molecule has 2 amide bonds. The van der Waals surface area contributed by atoms with Gasteiger partial charge in [-0.3, -0.25) is 4.68 Å². The monoisotopic (exact) mass is 300 g/mol. The van der Waals surface area contributed by atoms with E-state index >= 15 is 0 Å². The van der Waals surface area contributed by atoms with Gasteiger partial charge in [-0.15, -0.1) is 0 Å². The summed E-state index contributed by atoms with van der Waals surface area (Å²) in [4.78, 5) is 20.5. The Kier molecular flexibility index (Phi) is 4.53. The number of nitrogens with one attached hydrogen (secondary N) is 1. The summed E-state index contributed by atoms with van der Waals surface area (Å²) in [7, 11) is 0. The van der Waals surface area contributed by atoms with Crippen LogP contribution in [0.3, 0.4) is 0 Å². The van der Waals surface area contributed by atoms with Gasteiger partial charge in [0.1, 0.15) is 5.82 Å². The maximum atomic E-state index is 12.1. The Balaban J connectivity index is 1.42. The Morgan fingerprint density at radius 3 is 2.68 bits per heavy atom. The quantitative estimate of drug-likeness (QED) is 0.907. The van der Waals surface area contributed by atoms with Crippen LogP contribution in [0.1, 0.15) is 0 Å². The van der Waals surface area contributed by atoms with Crippen LogP contribution >= 0.6 is 0 Å². The normalized spacial score (nSPS) is 14.9. The highest BCUT2D eigenvalue weighted by molar-refractivity contribution is 5.74. The molecular weight excluding hydrogens is 280 g/mol. The molecule has 1 N–H and O–H groups in total. The molecule has 22 heavy (non-hydrogen) atoms. The predicted octanol–water partition coefficient (Wildman–Crippen LogP) is 0.810. The first kappa shape index (κ1) is 14.4. The average Bonchev–Trinajstić information content (AvgIpc) is 3.09. The summed E-state index contributed by atoms with van der Waals surface area (Å²) < 4.78 is 1.80. The molecule has 2 aromatic heterocycles. The molecule has 0 spiro atoms. The maximum Gasteiger partial charge on any atom is 0.317 e. The molecule has 1 saturated heterocycles. The highest BCUT2D eigenvalue weighted by atomic mass is 16.2. The van der Waals surface area contributed by atoms with Crippen molar-refractivity contribution in [1.82, 2.24) is 25.0 Å². The lowest BCUT2D eigenvalue weighted by Crippen LogP contribution is -2.52. The molecule has 7 nitrogen and oxygen atoms in total. The molecular formula is C15H20N6O. The van der Waals surface area contributed by atoms with Crippen molar-refractivity contribution in [3.8, 4) is 0 Å². The van der Waals surface area contributed by atoms with E-state index in [0.717, 1.165) is 18.9 Å². The first-order chi connectivity index (χ1) is 10.8. The minimum Gasteiger partial charge on any atom is -0.353 e. The van der Waals surface area contributed by atoms with Gasteiger partial charge in [0.2, 0.25) is 0 Å². The van der Waals surface area contributed by atoms with Crippen LogP contribution in [0.2, 0.25) is 0 Å². The number of carbonyl (C=O) groups excluding carboxylic acids is 1. The largest absolute Gasteiger partial charge is 0.353 e. The van der Waals surface area contributed by atoms with E-state index in [-0.39, 0.29) is 6.03 Å². The highest BCUT2D eigenvalue weighted by Gasteiger charge is 2.21. The van der Waals surface area contributed by atoms with Crippen molar-refractivity contribution in [2.24, 2.45) is 0 Å². The third kappa shape index (κ3) is 3.55. The molecule has 0 saturated carbocycles. The number of urea groups is 1. The molecule has 2 aromatic rings. The van der Waals surface area contributed by atoms with Gasteiger partial charge >= 0.3 is 6.03 Å². The number of hydrogen-bond donors (Lipinski definition) is 1. The van der Waals surface area contributed by atoms with Crippen molar-refractivity contribution in [3.05, 3.63) is 42.9 Å². The molecule has 0 bridgehead atoms. The Morgan fingerprint density at radius 2 is 2.00 bits per heavy atom. The number of pyridine rings is 1. The highest BCUT2D eigenvalue weighted by Crippen LogP contribution is 2.12. The van der Waals surface area contributed by atoms with Crippen molar-refractivity contribution >= 4 is 11.8 Å². The van der Waals surface area contributed by atoms with E-state index in [4.69, 9.17) is 0 Å². The molecule has 1 aliphatic rings. The van der Waals surface area contributed by atoms with E-state index < -0.39 is 0 Å². The Hall–Kier alpha value is -2.57. The van der Waals surface area contributed by atoms with Gasteiger partial charge in [0.25, 0.3) is 0 Å². The second kappa shape index (κ2) is 6.93. The van der Waals surface area contributed by atoms with Crippen LogP contribution < -0.4 is 10.2 Å². The molecule has 0 radical (unpaired) electrons. The van der Waals surface area contributed by atoms with Crippen LogP contribution in [-0.2, 0) is 6.54 Å². The molecule has 0 aliphatic carbocycles. The zero-order chi connectivity index (χ0) is 15.2. The fourth-order valence-electron chi connectivity index (χ4n) is 2.50. The first-order valence-corrected chi connectivity index (χ1v) is 7.49. The number of piperazine rings is 1. The van der Waals surface area contributed by atoms with Crippen LogP contribution in [0.15, 0.2) is 42.9 Å². The molecule has 0 aromatic carbocycles. The van der Waals surface area contributed by atoms with Gasteiger partial charge in [0.05, 0.1) is 6.54 Å². The molecule has 7 heteroatoms. The summed E-state index contributed by atoms with van der Waals surface area (Å²) in [6.07, 6.45) is 5.42. The van der Waals surface area contributed by atoms with Crippen molar-refractivity contribution in [1.29, 1.82) is 0 Å². The average molecular weight is 300 g/mol. The Morgan fingerprint density at radius 1 is 1.14 bits per heavy atom. The van der Waals surface area contributed by atoms with Crippen molar-refractivity contribution in [2.75, 3.05) is 37.6 Å². The summed E-state index contributed by atoms with van der Waals surface area (Å²) in [5.41, 5.74) is 0. The van der Waals surface area contributed by atoms with E-state index in [2.05, 4.69) is 20.3 Å². The van der Waals surface area contributed by atoms with Gasteiger partial charge in [0.15, 0.2) is 0 Å². The Bertz CT molecular complexity index is 577. The van der Waals surface area contributed by atoms with Gasteiger partial charge < -0.3 is 15.1 Å². The van der Waals surface area contributed by atoms with Crippen molar-refractivity contribution < 1.29 is 4.79 Å². The fourth-order valence-corrected chi connectivity index (χ4v) is 2.50. The SMILES string of the molecule is O=C(NCCn1cccn1)N1CCN(c2ccccn2)CC1. The molecule has 3 rings (SSSR count). The standard InChI is InChI=1S/C15H20N6O/c22-15(17-7-9-21-8-3-6-18-21)20-12-10-19(11-13-20)14-4-1-2-5-16-14/h1-6,8H,7,9-13H2,(H,17,22). The molecule has 1 fully saturated rings. The van der Waals surface area contributed by atoms with Crippen LogP contribution in [0.4, 0.5) is 10.6 Å². The van der Waals surface area contributed by atoms with Crippen molar-refractivity contribution in [3.63, 3.8) is 0 Å². The molecule has 0 atom stereocenters. The summed E-state index contributed by atoms with van der Waals surface area (Å²) in [6.45, 7) is 4.31. The summed E-state index contributed by atoms with van der Waals surface area (Å²) in [6, 6.07) is 7.76. The minimum absolute atomic E-state index is 0.00664. The number of nitrogens with zero attached hydrogens (tertiary/aromatic N) is 5. The lowest BCUT2D eigenvalue weighted by molar-refractivity contribution is 0.193. The second-order valence-corrected chi connectivity index (χ2v) is 5.16. The Labute approximate surface area is 129 Å². The minimum atomic E-state index is -0.00664. The van der Waals surface area contributed by atoms with E-state index in [0.29, 0.717) is 26.2 Å². The predicted molar refractivity (Wildman–Crippen MR) is 83.6 cm³/mol. The second-order valence-electron chi connectivity index (χ2n) is 5.16. The number of rotatable bonds is 4. The first-order valence-electron chi connectivity index (χ1n) is 7.49. The zero-order valence-electron chi connectivity index (χ0n) is 12.4. The number of amides is 2. The van der Waals surface area contributed by atoms with Gasteiger partial charge in [-0.1, -0.05) is 6.07 Å². The molecule has 1 aliphatic heterocycles. The number of carbonyl (C=O) groups is 1. The molecule has 0 unspecified atom stereocenters. The van der Waals surface area contributed by atoms with E-state index in [1.54, 1.807) is 17.1 Å². The number of hydrogen-bond acceptors (Lipinski definition) is 4. The maximum absolute atomic E-state index is 12.1. The fraction of sp³-hybridized carbons (Fsp3) is 0.400. The summed E-state index contributed by atoms with van der Waals surface area (Å²) >= 11 is 0. The lowest BCUT2D eigenvalue weighted by Gasteiger charge is -2.35. The van der Waals surface area contributed by atoms with Gasteiger partial charge in [0, 0.05) is 51.3 Å². The van der Waals surface area contributed by atoms with Gasteiger partial charge in [-0.25, -0.2) is 9.78 Å². The molecule has 3 heterocycles. The summed E-state index contributed by atoms with van der Waals surface area (Å²) in [5, 5.41) is 7.04. The lowest BCUT2D eigenvalue weighted by atomic mass is 10.3. The third-order valence-electron chi connectivity index (χ3n) is 3.72. The van der Waals surface area contributed by atoms with Crippen LogP contribution in [0, 0.1) is 0 Å². The van der Waals surface area contributed by atoms with Crippen LogP contribution in [-0.4, -0.2) is 58.4 Å². The van der Waals surface area contributed by atoms with E-state index in [1.165, 1.54) is 0 Å². The van der Waals surface area contributed by atoms with E-state index in [9.17, 15) is 4.79 Å². The van der Waals surface area contributed by atoms with Crippen molar-refractivity contribution in [2.45, 2.75) is 6.54 Å². The topological polar surface area (TPSA) is 66.3 Å². The number of aromatic nitrogens is 3. The van der Waals surface area contributed by atoms with Crippen LogP contribution in [0.25, 0.3) is 0 Å². The van der Waals surface area contributed by atoms with Gasteiger partial charge in [-0.05, 0) is 18.2 Å².